The van der Waals surface area contributed by atoms with E-state index in [1.807, 2.05) is 0 Å². The molecule has 0 saturated heterocycles. The molecule has 0 amide bonds. The summed E-state index contributed by atoms with van der Waals surface area (Å²) in [5.41, 5.74) is 0.210. The van der Waals surface area contributed by atoms with Gasteiger partial charge in [0.25, 0.3) is 0 Å². The van der Waals surface area contributed by atoms with Gasteiger partial charge in [-0.3, -0.25) is 0 Å². The predicted molar refractivity (Wildman–Crippen MR) is 74.6 cm³/mol. The van der Waals surface area contributed by atoms with E-state index in [1.165, 1.54) is 12.1 Å². The first kappa shape index (κ1) is 16.4. The van der Waals surface area contributed by atoms with Crippen LogP contribution < -0.4 is 14.8 Å². The number of hydrogen-bond donors (Lipinski definition) is 3. The smallest absolute Gasteiger partial charge is 0.335 e. The van der Waals surface area contributed by atoms with Crippen molar-refractivity contribution in [2.24, 2.45) is 0 Å². The maximum Gasteiger partial charge on any atom is 0.335 e. The molecule has 0 radical (unpaired) electrons. The number of carboxylic acid groups (broad SMARTS) is 1. The fourth-order valence-electron chi connectivity index (χ4n) is 1.38. The summed E-state index contributed by atoms with van der Waals surface area (Å²) in [7, 11) is -3.14. The Kier molecular flexibility index (Phi) is 6.43. The van der Waals surface area contributed by atoms with E-state index in [0.29, 0.717) is 32.0 Å². The van der Waals surface area contributed by atoms with Gasteiger partial charge < -0.3 is 15.2 Å². The van der Waals surface area contributed by atoms with Gasteiger partial charge in [-0.1, -0.05) is 0 Å². The second-order valence-corrected chi connectivity index (χ2v) is 5.93. The summed E-state index contributed by atoms with van der Waals surface area (Å²) in [5, 5.41) is 11.7. The minimum absolute atomic E-state index is 0.210. The highest BCUT2D eigenvalue weighted by atomic mass is 32.2. The van der Waals surface area contributed by atoms with Crippen LogP contribution in [0, 0.1) is 0 Å². The van der Waals surface area contributed by atoms with Crippen molar-refractivity contribution >= 4 is 16.0 Å². The summed E-state index contributed by atoms with van der Waals surface area (Å²) in [6.45, 7) is 1.80. The summed E-state index contributed by atoms with van der Waals surface area (Å²) < 4.78 is 29.3. The van der Waals surface area contributed by atoms with Crippen LogP contribution in [0.2, 0.25) is 0 Å². The first-order chi connectivity index (χ1) is 9.38. The lowest BCUT2D eigenvalue weighted by Crippen LogP contribution is -2.32. The van der Waals surface area contributed by atoms with Gasteiger partial charge in [0.15, 0.2) is 0 Å². The number of hydrogen-bond acceptors (Lipinski definition) is 5. The van der Waals surface area contributed by atoms with E-state index in [0.717, 1.165) is 6.26 Å². The van der Waals surface area contributed by atoms with Crippen molar-refractivity contribution < 1.29 is 23.1 Å². The van der Waals surface area contributed by atoms with Gasteiger partial charge in [-0.25, -0.2) is 17.9 Å². The number of carboxylic acids is 1. The number of nitrogens with one attached hydrogen (secondary N) is 2. The Labute approximate surface area is 118 Å². The van der Waals surface area contributed by atoms with Crippen LogP contribution in [0.4, 0.5) is 0 Å². The lowest BCUT2D eigenvalue weighted by Gasteiger charge is -2.08. The van der Waals surface area contributed by atoms with Crippen molar-refractivity contribution in [2.75, 3.05) is 32.5 Å². The number of carbonyl (C=O) groups is 1. The molecule has 0 spiro atoms. The molecule has 0 fully saturated rings. The van der Waals surface area contributed by atoms with E-state index < -0.39 is 16.0 Å². The van der Waals surface area contributed by atoms with Crippen LogP contribution in [0.25, 0.3) is 0 Å². The average Bonchev–Trinajstić information content (AvgIpc) is 2.37. The third-order valence-electron chi connectivity index (χ3n) is 2.31. The minimum atomic E-state index is -3.14. The van der Waals surface area contributed by atoms with E-state index in [4.69, 9.17) is 9.84 Å². The van der Waals surface area contributed by atoms with Gasteiger partial charge in [0.1, 0.15) is 12.4 Å². The highest BCUT2D eigenvalue weighted by Gasteiger charge is 2.02. The molecule has 0 aliphatic heterocycles. The molecule has 1 aromatic carbocycles. The number of aromatic carboxylic acids is 1. The number of benzene rings is 1. The van der Waals surface area contributed by atoms with Gasteiger partial charge in [-0.2, -0.15) is 0 Å². The molecule has 0 saturated carbocycles. The van der Waals surface area contributed by atoms with Crippen LogP contribution >= 0.6 is 0 Å². The zero-order valence-electron chi connectivity index (χ0n) is 11.1. The zero-order chi connectivity index (χ0) is 15.0. The Morgan fingerprint density at radius 1 is 1.20 bits per heavy atom. The zero-order valence-corrected chi connectivity index (χ0v) is 11.9. The number of sulfonamides is 1. The van der Waals surface area contributed by atoms with E-state index in [9.17, 15) is 13.2 Å². The fraction of sp³-hybridized carbons (Fsp3) is 0.417. The van der Waals surface area contributed by atoms with Crippen LogP contribution in [-0.2, 0) is 10.0 Å². The standard InChI is InChI=1S/C12H18N2O5S/c1-20(17,18)14-7-6-13-8-9-19-11-4-2-10(3-5-11)12(15)16/h2-5,13-14H,6-9H2,1H3,(H,15,16). The summed E-state index contributed by atoms with van der Waals surface area (Å²) >= 11 is 0. The van der Waals surface area contributed by atoms with Crippen molar-refractivity contribution in [3.8, 4) is 5.75 Å². The molecule has 112 valence electrons. The SMILES string of the molecule is CS(=O)(=O)NCCNCCOc1ccc(C(=O)O)cc1. The van der Waals surface area contributed by atoms with Gasteiger partial charge >= 0.3 is 5.97 Å². The Hall–Kier alpha value is -1.64. The topological polar surface area (TPSA) is 105 Å². The van der Waals surface area contributed by atoms with Crippen LogP contribution in [0.3, 0.4) is 0 Å². The molecule has 8 heteroatoms. The lowest BCUT2D eigenvalue weighted by atomic mass is 10.2. The van der Waals surface area contributed by atoms with E-state index in [2.05, 4.69) is 10.0 Å². The van der Waals surface area contributed by atoms with Gasteiger partial charge in [-0.15, -0.1) is 0 Å². The van der Waals surface area contributed by atoms with E-state index in [-0.39, 0.29) is 5.56 Å². The fourth-order valence-corrected chi connectivity index (χ4v) is 1.86. The van der Waals surface area contributed by atoms with Crippen molar-refractivity contribution in [3.05, 3.63) is 29.8 Å². The minimum Gasteiger partial charge on any atom is -0.492 e. The number of rotatable bonds is 9. The molecule has 0 atom stereocenters. The first-order valence-electron chi connectivity index (χ1n) is 6.00. The Balaban J connectivity index is 2.14. The Bertz CT molecular complexity index is 527. The van der Waals surface area contributed by atoms with Crippen molar-refractivity contribution in [1.82, 2.24) is 10.0 Å². The normalized spacial score (nSPS) is 11.2. The van der Waals surface area contributed by atoms with Crippen LogP contribution in [0.1, 0.15) is 10.4 Å². The van der Waals surface area contributed by atoms with Crippen molar-refractivity contribution in [3.63, 3.8) is 0 Å². The Morgan fingerprint density at radius 3 is 2.40 bits per heavy atom. The number of ether oxygens (including phenoxy) is 1. The van der Waals surface area contributed by atoms with Crippen molar-refractivity contribution in [1.29, 1.82) is 0 Å². The molecule has 3 N–H and O–H groups in total. The highest BCUT2D eigenvalue weighted by Crippen LogP contribution is 2.11. The first-order valence-corrected chi connectivity index (χ1v) is 7.89. The lowest BCUT2D eigenvalue weighted by molar-refractivity contribution is 0.0697. The monoisotopic (exact) mass is 302 g/mol. The molecule has 20 heavy (non-hydrogen) atoms. The van der Waals surface area contributed by atoms with Crippen LogP contribution in [0.15, 0.2) is 24.3 Å². The summed E-state index contributed by atoms with van der Waals surface area (Å²) in [6, 6.07) is 6.13. The molecule has 0 bridgehead atoms. The van der Waals surface area contributed by atoms with Crippen molar-refractivity contribution in [2.45, 2.75) is 0 Å². The van der Waals surface area contributed by atoms with Gasteiger partial charge in [0.2, 0.25) is 10.0 Å². The predicted octanol–water partition coefficient (Wildman–Crippen LogP) is -0.0976. The molecule has 0 aliphatic carbocycles. The van der Waals surface area contributed by atoms with E-state index >= 15 is 0 Å². The second-order valence-electron chi connectivity index (χ2n) is 4.09. The Morgan fingerprint density at radius 2 is 1.85 bits per heavy atom. The molecule has 0 heterocycles. The van der Waals surface area contributed by atoms with E-state index in [1.54, 1.807) is 12.1 Å². The molecule has 0 aromatic heterocycles. The summed E-state index contributed by atoms with van der Waals surface area (Å²) in [6.07, 6.45) is 1.11. The van der Waals surface area contributed by atoms with Gasteiger partial charge in [0, 0.05) is 19.6 Å². The maximum absolute atomic E-state index is 10.8. The maximum atomic E-state index is 10.8. The quantitative estimate of drug-likeness (QED) is 0.550. The van der Waals surface area contributed by atoms with Crippen LogP contribution in [0.5, 0.6) is 5.75 Å². The molecule has 7 nitrogen and oxygen atoms in total. The van der Waals surface area contributed by atoms with Gasteiger partial charge in [-0.05, 0) is 24.3 Å². The third-order valence-corrected chi connectivity index (χ3v) is 3.04. The second kappa shape index (κ2) is 7.83. The highest BCUT2D eigenvalue weighted by molar-refractivity contribution is 7.88. The molecule has 0 unspecified atom stereocenters. The third kappa shape index (κ3) is 7.07. The molecular formula is C12H18N2O5S. The largest absolute Gasteiger partial charge is 0.492 e. The molecule has 1 aromatic rings. The molecule has 0 aliphatic rings. The molecular weight excluding hydrogens is 284 g/mol. The summed E-state index contributed by atoms with van der Waals surface area (Å²) in [4.78, 5) is 10.6. The summed E-state index contributed by atoms with van der Waals surface area (Å²) in [5.74, 6) is -0.386. The van der Waals surface area contributed by atoms with Crippen LogP contribution in [-0.4, -0.2) is 52.0 Å². The van der Waals surface area contributed by atoms with Gasteiger partial charge in [0.05, 0.1) is 11.8 Å². The average molecular weight is 302 g/mol. The molecule has 1 rings (SSSR count).